The van der Waals surface area contributed by atoms with Gasteiger partial charge in [-0.25, -0.2) is 0 Å². The van der Waals surface area contributed by atoms with Gasteiger partial charge in [0.2, 0.25) is 0 Å². The summed E-state index contributed by atoms with van der Waals surface area (Å²) in [6, 6.07) is 11.2. The van der Waals surface area contributed by atoms with Crippen LogP contribution in [0.2, 0.25) is 0 Å². The fourth-order valence-electron chi connectivity index (χ4n) is 3.95. The average Bonchev–Trinajstić information content (AvgIpc) is 3.53. The van der Waals surface area contributed by atoms with Gasteiger partial charge in [0.25, 0.3) is 11.7 Å². The molecule has 3 aromatic rings. The number of Topliss-reactive ketones (excluding diaryl/α,β-unsaturated/α-hetero) is 1. The first-order chi connectivity index (χ1) is 15.4. The van der Waals surface area contributed by atoms with Crippen molar-refractivity contribution in [1.82, 2.24) is 4.90 Å². The van der Waals surface area contributed by atoms with Crippen LogP contribution in [0.4, 0.5) is 0 Å². The van der Waals surface area contributed by atoms with Crippen LogP contribution in [-0.2, 0) is 16.1 Å². The number of amides is 1. The lowest BCUT2D eigenvalue weighted by Gasteiger charge is -2.22. The van der Waals surface area contributed by atoms with Crippen molar-refractivity contribution in [3.8, 4) is 5.75 Å². The number of hydrogen-bond donors (Lipinski definition) is 1. The molecule has 1 fully saturated rings. The summed E-state index contributed by atoms with van der Waals surface area (Å²) < 4.78 is 16.6. The van der Waals surface area contributed by atoms with Crippen molar-refractivity contribution in [2.45, 2.75) is 39.3 Å². The van der Waals surface area contributed by atoms with E-state index in [9.17, 15) is 14.7 Å². The van der Waals surface area contributed by atoms with Crippen LogP contribution < -0.4 is 4.74 Å². The minimum absolute atomic E-state index is 0.0182. The Morgan fingerprint density at radius 1 is 1.12 bits per heavy atom. The van der Waals surface area contributed by atoms with Crippen molar-refractivity contribution in [3.05, 3.63) is 83.2 Å². The third-order valence-corrected chi connectivity index (χ3v) is 5.46. The molecule has 7 heteroatoms. The largest absolute Gasteiger partial charge is 0.507 e. The van der Waals surface area contributed by atoms with Crippen molar-refractivity contribution >= 4 is 17.4 Å². The summed E-state index contributed by atoms with van der Waals surface area (Å²) in [4.78, 5) is 27.3. The van der Waals surface area contributed by atoms with Gasteiger partial charge in [-0.3, -0.25) is 9.59 Å². The van der Waals surface area contributed by atoms with Crippen LogP contribution in [0.1, 0.15) is 55.4 Å². The molecule has 3 heterocycles. The van der Waals surface area contributed by atoms with E-state index in [0.29, 0.717) is 23.7 Å². The lowest BCUT2D eigenvalue weighted by Crippen LogP contribution is -2.28. The molecule has 1 aromatic carbocycles. The van der Waals surface area contributed by atoms with E-state index in [4.69, 9.17) is 13.6 Å². The zero-order valence-electron chi connectivity index (χ0n) is 18.2. The van der Waals surface area contributed by atoms with Crippen LogP contribution in [0, 0.1) is 0 Å². The third kappa shape index (κ3) is 3.82. The summed E-state index contributed by atoms with van der Waals surface area (Å²) in [6.07, 6.45) is 2.97. The molecule has 1 aliphatic heterocycles. The summed E-state index contributed by atoms with van der Waals surface area (Å²) in [6.45, 7) is 6.53. The number of ketones is 1. The Bertz CT molecular complexity index is 1140. The molecule has 0 aliphatic carbocycles. The number of carbonyl (C=O) groups is 2. The monoisotopic (exact) mass is 435 g/mol. The molecule has 1 saturated heterocycles. The van der Waals surface area contributed by atoms with Crippen molar-refractivity contribution in [2.24, 2.45) is 0 Å². The van der Waals surface area contributed by atoms with E-state index in [0.717, 1.165) is 11.3 Å². The number of benzene rings is 1. The molecule has 166 valence electrons. The quantitative estimate of drug-likeness (QED) is 0.318. The summed E-state index contributed by atoms with van der Waals surface area (Å²) >= 11 is 0. The van der Waals surface area contributed by atoms with Gasteiger partial charge in [-0.05, 0) is 60.9 Å². The molecule has 0 bridgehead atoms. The van der Waals surface area contributed by atoms with Crippen LogP contribution in [0.25, 0.3) is 5.76 Å². The van der Waals surface area contributed by atoms with E-state index < -0.39 is 17.7 Å². The number of rotatable bonds is 7. The number of aliphatic hydroxyl groups is 1. The van der Waals surface area contributed by atoms with Gasteiger partial charge in [-0.15, -0.1) is 0 Å². The van der Waals surface area contributed by atoms with Crippen LogP contribution >= 0.6 is 0 Å². The first-order valence-corrected chi connectivity index (χ1v) is 10.5. The van der Waals surface area contributed by atoms with E-state index >= 15 is 0 Å². The molecule has 1 aliphatic rings. The first-order valence-electron chi connectivity index (χ1n) is 10.5. The molecule has 7 nitrogen and oxygen atoms in total. The fourth-order valence-corrected chi connectivity index (χ4v) is 3.95. The molecule has 0 spiro atoms. The molecule has 1 unspecified atom stereocenters. The Hall–Kier alpha value is -3.74. The topological polar surface area (TPSA) is 93.1 Å². The molecule has 0 radical (unpaired) electrons. The van der Waals surface area contributed by atoms with Gasteiger partial charge in [0.05, 0.1) is 31.3 Å². The minimum atomic E-state index is -0.871. The van der Waals surface area contributed by atoms with E-state index in [-0.39, 0.29) is 23.8 Å². The molecule has 32 heavy (non-hydrogen) atoms. The van der Waals surface area contributed by atoms with Gasteiger partial charge in [0.15, 0.2) is 0 Å². The lowest BCUT2D eigenvalue weighted by molar-refractivity contribution is -0.140. The highest BCUT2D eigenvalue weighted by molar-refractivity contribution is 6.46. The molecular weight excluding hydrogens is 410 g/mol. The second-order valence-electron chi connectivity index (χ2n) is 7.86. The van der Waals surface area contributed by atoms with Gasteiger partial charge < -0.3 is 23.6 Å². The summed E-state index contributed by atoms with van der Waals surface area (Å²) in [5.41, 5.74) is 1.32. The second kappa shape index (κ2) is 8.78. The highest BCUT2D eigenvalue weighted by atomic mass is 16.5. The van der Waals surface area contributed by atoms with E-state index in [1.54, 1.807) is 42.5 Å². The highest BCUT2D eigenvalue weighted by Crippen LogP contribution is 2.41. The van der Waals surface area contributed by atoms with Crippen LogP contribution in [-0.4, -0.2) is 28.3 Å². The lowest BCUT2D eigenvalue weighted by atomic mass is 9.95. The number of carbonyl (C=O) groups excluding carboxylic acids is 2. The molecule has 4 rings (SSSR count). The number of ether oxygens (including phenoxy) is 1. The van der Waals surface area contributed by atoms with E-state index in [1.807, 2.05) is 20.8 Å². The number of likely N-dealkylation sites (tertiary alicyclic amines) is 1. The maximum atomic E-state index is 13.0. The van der Waals surface area contributed by atoms with Gasteiger partial charge in [-0.2, -0.15) is 0 Å². The molecular formula is C25H25NO6. The first kappa shape index (κ1) is 21.5. The van der Waals surface area contributed by atoms with Gasteiger partial charge in [0, 0.05) is 5.56 Å². The fraction of sp³-hybridized carbons (Fsp3) is 0.280. The summed E-state index contributed by atoms with van der Waals surface area (Å²) in [5, 5.41) is 11.2. The van der Waals surface area contributed by atoms with Crippen LogP contribution in [0.5, 0.6) is 5.75 Å². The predicted octanol–water partition coefficient (Wildman–Crippen LogP) is 5.02. The third-order valence-electron chi connectivity index (χ3n) is 5.46. The van der Waals surface area contributed by atoms with Crippen molar-refractivity contribution in [2.75, 3.05) is 6.61 Å². The maximum Gasteiger partial charge on any atom is 0.296 e. The van der Waals surface area contributed by atoms with Crippen LogP contribution in [0.15, 0.2) is 69.4 Å². The number of aliphatic hydroxyl groups excluding tert-OH is 1. The standard InChI is InChI=1S/C25H25NO6/c1-4-30-19-10-9-16(13-18(19)15(2)3)23(27)21-22(20-8-6-12-32-20)26(25(29)24(21)28)14-17-7-5-11-31-17/h5-13,15,22,27H,4,14H2,1-3H3/b23-21-. The molecule has 1 atom stereocenters. The normalized spacial score (nSPS) is 18.0. The van der Waals surface area contributed by atoms with Crippen molar-refractivity contribution in [1.29, 1.82) is 0 Å². The second-order valence-corrected chi connectivity index (χ2v) is 7.86. The Kier molecular flexibility index (Phi) is 5.90. The zero-order valence-corrected chi connectivity index (χ0v) is 18.2. The van der Waals surface area contributed by atoms with Crippen LogP contribution in [0.3, 0.4) is 0 Å². The highest BCUT2D eigenvalue weighted by Gasteiger charge is 2.47. The molecule has 0 saturated carbocycles. The van der Waals surface area contributed by atoms with Gasteiger partial charge in [-0.1, -0.05) is 13.8 Å². The number of furan rings is 2. The Balaban J connectivity index is 1.83. The predicted molar refractivity (Wildman–Crippen MR) is 117 cm³/mol. The molecule has 1 N–H and O–H groups in total. The van der Waals surface area contributed by atoms with E-state index in [2.05, 4.69) is 0 Å². The van der Waals surface area contributed by atoms with Crippen molar-refractivity contribution < 1.29 is 28.3 Å². The average molecular weight is 435 g/mol. The van der Waals surface area contributed by atoms with Gasteiger partial charge >= 0.3 is 0 Å². The maximum absolute atomic E-state index is 13.0. The smallest absolute Gasteiger partial charge is 0.296 e. The van der Waals surface area contributed by atoms with Crippen molar-refractivity contribution in [3.63, 3.8) is 0 Å². The summed E-state index contributed by atoms with van der Waals surface area (Å²) in [5.74, 6) is 0.0109. The van der Waals surface area contributed by atoms with E-state index in [1.165, 1.54) is 17.4 Å². The Labute approximate surface area is 185 Å². The number of hydrogen-bond acceptors (Lipinski definition) is 6. The number of nitrogens with zero attached hydrogens (tertiary/aromatic N) is 1. The van der Waals surface area contributed by atoms with Gasteiger partial charge in [0.1, 0.15) is 29.1 Å². The SMILES string of the molecule is CCOc1ccc(/C(O)=C2/C(=O)C(=O)N(Cc3ccco3)C2c2ccco2)cc1C(C)C. The summed E-state index contributed by atoms with van der Waals surface area (Å²) in [7, 11) is 0. The minimum Gasteiger partial charge on any atom is -0.507 e. The Morgan fingerprint density at radius 3 is 2.50 bits per heavy atom. The Morgan fingerprint density at radius 2 is 1.88 bits per heavy atom. The molecule has 1 amide bonds. The zero-order chi connectivity index (χ0) is 22.8. The molecule has 2 aromatic heterocycles.